The van der Waals surface area contributed by atoms with E-state index < -0.39 is 16.6 Å². The standard InChI is InChI=1S/C13H12N4O4/c1-9-3-5-10(6-4-9)7-14-21-13(18)12-11(17(19)20)8-16(2)15-12/h3-8H,1-2H3/b14-7+. The lowest BCUT2D eigenvalue weighted by atomic mass is 10.2. The van der Waals surface area contributed by atoms with Crippen LogP contribution in [-0.4, -0.2) is 26.9 Å². The van der Waals surface area contributed by atoms with Crippen molar-refractivity contribution in [1.29, 1.82) is 0 Å². The Labute approximate surface area is 119 Å². The van der Waals surface area contributed by atoms with Crippen LogP contribution in [0.4, 0.5) is 5.69 Å². The van der Waals surface area contributed by atoms with Crippen LogP contribution in [0.15, 0.2) is 35.6 Å². The van der Waals surface area contributed by atoms with Gasteiger partial charge in [0, 0.05) is 7.05 Å². The molecule has 0 fully saturated rings. The van der Waals surface area contributed by atoms with E-state index in [1.54, 1.807) is 12.1 Å². The first-order valence-electron chi connectivity index (χ1n) is 5.97. The summed E-state index contributed by atoms with van der Waals surface area (Å²) >= 11 is 0. The number of benzene rings is 1. The fraction of sp³-hybridized carbons (Fsp3) is 0.154. The Balaban J connectivity index is 2.08. The molecule has 8 nitrogen and oxygen atoms in total. The molecule has 108 valence electrons. The number of hydrogen-bond donors (Lipinski definition) is 0. The van der Waals surface area contributed by atoms with Crippen molar-refractivity contribution in [3.63, 3.8) is 0 Å². The molecular formula is C13H12N4O4. The summed E-state index contributed by atoms with van der Waals surface area (Å²) in [6, 6.07) is 7.37. The zero-order valence-electron chi connectivity index (χ0n) is 11.4. The molecule has 0 saturated carbocycles. The van der Waals surface area contributed by atoms with Gasteiger partial charge in [-0.05, 0) is 12.5 Å². The Morgan fingerprint density at radius 2 is 2.10 bits per heavy atom. The molecule has 0 N–H and O–H groups in total. The first-order chi connectivity index (χ1) is 9.97. The van der Waals surface area contributed by atoms with Crippen molar-refractivity contribution in [3.05, 3.63) is 57.4 Å². The lowest BCUT2D eigenvalue weighted by Gasteiger charge is -1.95. The summed E-state index contributed by atoms with van der Waals surface area (Å²) in [5, 5.41) is 18.0. The zero-order chi connectivity index (χ0) is 15.4. The van der Waals surface area contributed by atoms with Crippen LogP contribution in [0.3, 0.4) is 0 Å². The number of oxime groups is 1. The van der Waals surface area contributed by atoms with Crippen molar-refractivity contribution in [3.8, 4) is 0 Å². The topological polar surface area (TPSA) is 99.6 Å². The minimum absolute atomic E-state index is 0.386. The maximum absolute atomic E-state index is 11.7. The summed E-state index contributed by atoms with van der Waals surface area (Å²) in [7, 11) is 1.47. The van der Waals surface area contributed by atoms with Crippen LogP contribution in [0.2, 0.25) is 0 Å². The molecule has 0 bridgehead atoms. The van der Waals surface area contributed by atoms with Gasteiger partial charge in [0.05, 0.1) is 11.1 Å². The molecule has 0 radical (unpaired) electrons. The van der Waals surface area contributed by atoms with Gasteiger partial charge in [0.1, 0.15) is 6.20 Å². The van der Waals surface area contributed by atoms with Gasteiger partial charge in [0.25, 0.3) is 0 Å². The Hall–Kier alpha value is -3.03. The Bertz CT molecular complexity index is 703. The fourth-order valence-corrected chi connectivity index (χ4v) is 1.59. The van der Waals surface area contributed by atoms with Crippen LogP contribution in [0, 0.1) is 17.0 Å². The Morgan fingerprint density at radius 3 is 2.71 bits per heavy atom. The second-order valence-electron chi connectivity index (χ2n) is 4.32. The molecule has 0 aliphatic rings. The normalized spacial score (nSPS) is 10.8. The molecule has 0 saturated heterocycles. The monoisotopic (exact) mass is 288 g/mol. The number of hydrogen-bond acceptors (Lipinski definition) is 6. The van der Waals surface area contributed by atoms with Gasteiger partial charge in [-0.1, -0.05) is 35.0 Å². The van der Waals surface area contributed by atoms with Crippen molar-refractivity contribution in [2.75, 3.05) is 0 Å². The van der Waals surface area contributed by atoms with E-state index in [2.05, 4.69) is 15.1 Å². The number of nitro groups is 1. The third-order valence-corrected chi connectivity index (χ3v) is 2.61. The highest BCUT2D eigenvalue weighted by Crippen LogP contribution is 2.16. The average Bonchev–Trinajstić information content (AvgIpc) is 2.83. The average molecular weight is 288 g/mol. The van der Waals surface area contributed by atoms with E-state index in [0.717, 1.165) is 17.3 Å². The predicted molar refractivity (Wildman–Crippen MR) is 74.1 cm³/mol. The number of nitrogens with zero attached hydrogens (tertiary/aromatic N) is 4. The molecule has 0 spiro atoms. The second kappa shape index (κ2) is 5.95. The van der Waals surface area contributed by atoms with Crippen LogP contribution in [-0.2, 0) is 11.9 Å². The van der Waals surface area contributed by atoms with E-state index >= 15 is 0 Å². The van der Waals surface area contributed by atoms with Crippen molar-refractivity contribution in [1.82, 2.24) is 9.78 Å². The van der Waals surface area contributed by atoms with Gasteiger partial charge < -0.3 is 4.84 Å². The third kappa shape index (κ3) is 3.50. The van der Waals surface area contributed by atoms with Crippen LogP contribution in [0.1, 0.15) is 21.6 Å². The molecule has 0 amide bonds. The molecule has 2 rings (SSSR count). The number of carbonyl (C=O) groups excluding carboxylic acids is 1. The molecule has 21 heavy (non-hydrogen) atoms. The predicted octanol–water partition coefficient (Wildman–Crippen LogP) is 1.83. The van der Waals surface area contributed by atoms with Crippen molar-refractivity contribution in [2.45, 2.75) is 6.92 Å². The number of aromatic nitrogens is 2. The highest BCUT2D eigenvalue weighted by Gasteiger charge is 2.26. The van der Waals surface area contributed by atoms with Gasteiger partial charge >= 0.3 is 11.7 Å². The smallest absolute Gasteiger partial charge is 0.311 e. The van der Waals surface area contributed by atoms with Crippen molar-refractivity contribution in [2.24, 2.45) is 12.2 Å². The quantitative estimate of drug-likeness (QED) is 0.370. The summed E-state index contributed by atoms with van der Waals surface area (Å²) in [4.78, 5) is 26.4. The number of carbonyl (C=O) groups is 1. The Kier molecular flexibility index (Phi) is 4.07. The van der Waals surface area contributed by atoms with Crippen molar-refractivity contribution >= 4 is 17.9 Å². The first-order valence-corrected chi connectivity index (χ1v) is 5.97. The van der Waals surface area contributed by atoms with E-state index in [0.29, 0.717) is 0 Å². The maximum atomic E-state index is 11.7. The SMILES string of the molecule is Cc1ccc(/C=N/OC(=O)c2nn(C)cc2[N+](=O)[O-])cc1. The van der Waals surface area contributed by atoms with Gasteiger partial charge in [0.15, 0.2) is 0 Å². The lowest BCUT2D eigenvalue weighted by Crippen LogP contribution is -2.05. The minimum Gasteiger partial charge on any atom is -0.311 e. The highest BCUT2D eigenvalue weighted by atomic mass is 16.7. The molecule has 1 aromatic carbocycles. The number of aryl methyl sites for hydroxylation is 2. The molecule has 8 heteroatoms. The van der Waals surface area contributed by atoms with Gasteiger partial charge in [-0.25, -0.2) is 4.79 Å². The molecule has 0 unspecified atom stereocenters. The summed E-state index contributed by atoms with van der Waals surface area (Å²) in [5.74, 6) is -0.981. The van der Waals surface area contributed by atoms with Gasteiger partial charge in [-0.2, -0.15) is 5.10 Å². The molecule has 0 aliphatic heterocycles. The Morgan fingerprint density at radius 1 is 1.43 bits per heavy atom. The van der Waals surface area contributed by atoms with E-state index in [1.807, 2.05) is 19.1 Å². The first kappa shape index (κ1) is 14.4. The highest BCUT2D eigenvalue weighted by molar-refractivity contribution is 5.92. The van der Waals surface area contributed by atoms with Gasteiger partial charge in [-0.3, -0.25) is 14.8 Å². The second-order valence-corrected chi connectivity index (χ2v) is 4.32. The largest absolute Gasteiger partial charge is 0.392 e. The summed E-state index contributed by atoms with van der Waals surface area (Å²) < 4.78 is 1.17. The van der Waals surface area contributed by atoms with E-state index in [-0.39, 0.29) is 5.69 Å². The third-order valence-electron chi connectivity index (χ3n) is 2.61. The van der Waals surface area contributed by atoms with Gasteiger partial charge in [0.2, 0.25) is 5.69 Å². The number of rotatable bonds is 4. The van der Waals surface area contributed by atoms with Crippen LogP contribution in [0.25, 0.3) is 0 Å². The molecular weight excluding hydrogens is 276 g/mol. The molecule has 1 aromatic heterocycles. The molecule has 2 aromatic rings. The molecule has 0 atom stereocenters. The van der Waals surface area contributed by atoms with E-state index in [9.17, 15) is 14.9 Å². The van der Waals surface area contributed by atoms with Crippen molar-refractivity contribution < 1.29 is 14.6 Å². The zero-order valence-corrected chi connectivity index (χ0v) is 11.4. The maximum Gasteiger partial charge on any atom is 0.392 e. The van der Waals surface area contributed by atoms with Crippen LogP contribution >= 0.6 is 0 Å². The summed E-state index contributed by atoms with van der Waals surface area (Å²) in [5.41, 5.74) is 1.02. The molecule has 0 aliphatic carbocycles. The minimum atomic E-state index is -0.981. The van der Waals surface area contributed by atoms with E-state index in [1.165, 1.54) is 17.9 Å². The lowest BCUT2D eigenvalue weighted by molar-refractivity contribution is -0.385. The van der Waals surface area contributed by atoms with Crippen LogP contribution in [0.5, 0.6) is 0 Å². The molecule has 1 heterocycles. The van der Waals surface area contributed by atoms with Crippen LogP contribution < -0.4 is 0 Å². The van der Waals surface area contributed by atoms with Gasteiger partial charge in [-0.15, -0.1) is 0 Å². The fourth-order valence-electron chi connectivity index (χ4n) is 1.59. The van der Waals surface area contributed by atoms with E-state index in [4.69, 9.17) is 0 Å². The summed E-state index contributed by atoms with van der Waals surface area (Å²) in [6.07, 6.45) is 2.46. The summed E-state index contributed by atoms with van der Waals surface area (Å²) in [6.45, 7) is 1.95.